The molecule has 0 unspecified atom stereocenters. The number of amides is 3. The number of carbonyl (C=O) groups is 3. The smallest absolute Gasteiger partial charge is 0.243 e. The molecule has 0 aliphatic heterocycles. The van der Waals surface area contributed by atoms with Crippen LogP contribution in [0.1, 0.15) is 18.1 Å². The highest BCUT2D eigenvalue weighted by Crippen LogP contribution is 2.17. The van der Waals surface area contributed by atoms with Crippen molar-refractivity contribution in [3.05, 3.63) is 70.2 Å². The number of nitrogens with two attached hydrogens (primary N) is 1. The average Bonchev–Trinajstić information content (AvgIpc) is 2.62. The van der Waals surface area contributed by atoms with Crippen LogP contribution in [-0.4, -0.2) is 29.8 Å². The van der Waals surface area contributed by atoms with Gasteiger partial charge in [-0.15, -0.1) is 0 Å². The summed E-state index contributed by atoms with van der Waals surface area (Å²) in [5.74, 6) is -1.42. The first-order valence-electron chi connectivity index (χ1n) is 8.51. The largest absolute Gasteiger partial charge is 0.368 e. The van der Waals surface area contributed by atoms with E-state index in [1.807, 2.05) is 54.6 Å². The minimum Gasteiger partial charge on any atom is -0.368 e. The third kappa shape index (κ3) is 6.53. The molecule has 2 aromatic rings. The Bertz CT molecular complexity index is 811. The molecule has 142 valence electrons. The molecule has 0 aliphatic carbocycles. The summed E-state index contributed by atoms with van der Waals surface area (Å²) in [6.07, 6.45) is 0.563. The maximum absolute atomic E-state index is 12.7. The van der Waals surface area contributed by atoms with Crippen molar-refractivity contribution in [3.63, 3.8) is 0 Å². The van der Waals surface area contributed by atoms with Crippen LogP contribution in [0.5, 0.6) is 0 Å². The summed E-state index contributed by atoms with van der Waals surface area (Å²) in [5.41, 5.74) is 7.22. The summed E-state index contributed by atoms with van der Waals surface area (Å²) >= 11 is 3.42. The summed E-state index contributed by atoms with van der Waals surface area (Å²) < 4.78 is 0.827. The van der Waals surface area contributed by atoms with E-state index in [0.29, 0.717) is 6.42 Å². The number of primary amides is 1. The molecule has 3 amide bonds. The van der Waals surface area contributed by atoms with Crippen LogP contribution < -0.4 is 16.4 Å². The van der Waals surface area contributed by atoms with E-state index in [1.165, 1.54) is 6.92 Å². The Kier molecular flexibility index (Phi) is 7.55. The highest BCUT2D eigenvalue weighted by Gasteiger charge is 2.25. The molecule has 0 heterocycles. The summed E-state index contributed by atoms with van der Waals surface area (Å²) in [4.78, 5) is 36.1. The number of carbonyl (C=O) groups excluding carboxylic acids is 3. The van der Waals surface area contributed by atoms with Crippen molar-refractivity contribution in [2.75, 3.05) is 0 Å². The first-order valence-corrected chi connectivity index (χ1v) is 9.30. The van der Waals surface area contributed by atoms with Gasteiger partial charge in [0.15, 0.2) is 0 Å². The first-order chi connectivity index (χ1) is 12.9. The predicted molar refractivity (Wildman–Crippen MR) is 107 cm³/mol. The van der Waals surface area contributed by atoms with E-state index >= 15 is 0 Å². The van der Waals surface area contributed by atoms with Gasteiger partial charge < -0.3 is 16.4 Å². The molecule has 0 saturated carbocycles. The van der Waals surface area contributed by atoms with Gasteiger partial charge in [-0.2, -0.15) is 0 Å². The quantitative estimate of drug-likeness (QED) is 0.592. The topological polar surface area (TPSA) is 101 Å². The Morgan fingerprint density at radius 3 is 2.15 bits per heavy atom. The molecule has 0 spiro atoms. The van der Waals surface area contributed by atoms with Crippen LogP contribution >= 0.6 is 15.9 Å². The molecule has 0 saturated heterocycles. The van der Waals surface area contributed by atoms with Crippen molar-refractivity contribution in [1.29, 1.82) is 0 Å². The van der Waals surface area contributed by atoms with Gasteiger partial charge in [-0.05, 0) is 17.2 Å². The zero-order chi connectivity index (χ0) is 19.8. The van der Waals surface area contributed by atoms with E-state index in [-0.39, 0.29) is 12.3 Å². The monoisotopic (exact) mass is 431 g/mol. The fraction of sp³-hybridized carbons (Fsp3) is 0.250. The van der Waals surface area contributed by atoms with Gasteiger partial charge in [-0.1, -0.05) is 64.5 Å². The van der Waals surface area contributed by atoms with Gasteiger partial charge in [0.1, 0.15) is 12.1 Å². The van der Waals surface area contributed by atoms with Gasteiger partial charge in [-0.25, -0.2) is 0 Å². The van der Waals surface area contributed by atoms with Gasteiger partial charge >= 0.3 is 0 Å². The summed E-state index contributed by atoms with van der Waals surface area (Å²) in [5, 5.41) is 5.30. The number of rotatable bonds is 8. The molecule has 2 rings (SSSR count). The zero-order valence-corrected chi connectivity index (χ0v) is 16.5. The van der Waals surface area contributed by atoms with Crippen molar-refractivity contribution in [2.45, 2.75) is 31.8 Å². The maximum Gasteiger partial charge on any atom is 0.243 e. The normalized spacial score (nSPS) is 12.7. The van der Waals surface area contributed by atoms with Crippen molar-refractivity contribution >= 4 is 33.7 Å². The Morgan fingerprint density at radius 1 is 0.926 bits per heavy atom. The van der Waals surface area contributed by atoms with E-state index in [4.69, 9.17) is 5.73 Å². The fourth-order valence-electron chi connectivity index (χ4n) is 2.68. The van der Waals surface area contributed by atoms with E-state index < -0.39 is 23.9 Å². The Morgan fingerprint density at radius 2 is 1.56 bits per heavy atom. The second-order valence-corrected chi connectivity index (χ2v) is 7.06. The molecule has 2 aromatic carbocycles. The zero-order valence-electron chi connectivity index (χ0n) is 14.9. The SMILES string of the molecule is CC(=O)N[C@@H](Cc1ccccc1)C(=O)N[C@H](Cc1ccccc1Br)C(N)=O. The van der Waals surface area contributed by atoms with Crippen LogP contribution in [0.25, 0.3) is 0 Å². The molecule has 0 aliphatic rings. The number of benzene rings is 2. The van der Waals surface area contributed by atoms with Crippen molar-refractivity contribution in [1.82, 2.24) is 10.6 Å². The molecule has 27 heavy (non-hydrogen) atoms. The van der Waals surface area contributed by atoms with Crippen molar-refractivity contribution < 1.29 is 14.4 Å². The second kappa shape index (κ2) is 9.87. The molecule has 0 aromatic heterocycles. The van der Waals surface area contributed by atoms with Crippen LogP contribution in [-0.2, 0) is 27.2 Å². The van der Waals surface area contributed by atoms with E-state index in [2.05, 4.69) is 26.6 Å². The molecular formula is C20H22BrN3O3. The summed E-state index contributed by atoms with van der Waals surface area (Å²) in [6.45, 7) is 1.35. The Balaban J connectivity index is 2.13. The van der Waals surface area contributed by atoms with E-state index in [9.17, 15) is 14.4 Å². The van der Waals surface area contributed by atoms with E-state index in [0.717, 1.165) is 15.6 Å². The van der Waals surface area contributed by atoms with Crippen LogP contribution in [0.2, 0.25) is 0 Å². The molecule has 2 atom stereocenters. The molecule has 0 fully saturated rings. The molecular weight excluding hydrogens is 410 g/mol. The number of hydrogen-bond donors (Lipinski definition) is 3. The van der Waals surface area contributed by atoms with Gasteiger partial charge in [0, 0.05) is 24.2 Å². The van der Waals surface area contributed by atoms with Crippen molar-refractivity contribution in [3.8, 4) is 0 Å². The molecule has 4 N–H and O–H groups in total. The van der Waals surface area contributed by atoms with Crippen LogP contribution in [0, 0.1) is 0 Å². The number of halogens is 1. The molecule has 0 bridgehead atoms. The van der Waals surface area contributed by atoms with Gasteiger partial charge in [0.25, 0.3) is 0 Å². The van der Waals surface area contributed by atoms with Crippen LogP contribution in [0.3, 0.4) is 0 Å². The van der Waals surface area contributed by atoms with Gasteiger partial charge in [0.05, 0.1) is 0 Å². The first kappa shape index (κ1) is 20.6. The Labute approximate surface area is 166 Å². The van der Waals surface area contributed by atoms with Gasteiger partial charge in [-0.3, -0.25) is 14.4 Å². The third-order valence-electron chi connectivity index (χ3n) is 4.02. The lowest BCUT2D eigenvalue weighted by Crippen LogP contribution is -2.54. The highest BCUT2D eigenvalue weighted by molar-refractivity contribution is 9.10. The minimum absolute atomic E-state index is 0.251. The molecule has 7 heteroatoms. The van der Waals surface area contributed by atoms with Crippen molar-refractivity contribution in [2.24, 2.45) is 5.73 Å². The summed E-state index contributed by atoms with van der Waals surface area (Å²) in [6, 6.07) is 15.0. The van der Waals surface area contributed by atoms with Gasteiger partial charge in [0.2, 0.25) is 17.7 Å². The molecule has 0 radical (unpaired) electrons. The number of hydrogen-bond acceptors (Lipinski definition) is 3. The fourth-order valence-corrected chi connectivity index (χ4v) is 3.13. The second-order valence-electron chi connectivity index (χ2n) is 6.20. The lowest BCUT2D eigenvalue weighted by atomic mass is 10.0. The Hall–Kier alpha value is -2.67. The van der Waals surface area contributed by atoms with Crippen LogP contribution in [0.15, 0.2) is 59.1 Å². The highest BCUT2D eigenvalue weighted by atomic mass is 79.9. The predicted octanol–water partition coefficient (Wildman–Crippen LogP) is 1.71. The van der Waals surface area contributed by atoms with E-state index in [1.54, 1.807) is 0 Å². The average molecular weight is 432 g/mol. The van der Waals surface area contributed by atoms with Crippen LogP contribution in [0.4, 0.5) is 0 Å². The third-order valence-corrected chi connectivity index (χ3v) is 4.79. The lowest BCUT2D eigenvalue weighted by molar-refractivity contribution is -0.130. The number of nitrogens with one attached hydrogen (secondary N) is 2. The molecule has 6 nitrogen and oxygen atoms in total. The summed E-state index contributed by atoms with van der Waals surface area (Å²) in [7, 11) is 0. The standard InChI is InChI=1S/C20H22BrN3O3/c1-13(25)23-18(11-14-7-3-2-4-8-14)20(27)24-17(19(22)26)12-15-9-5-6-10-16(15)21/h2-10,17-18H,11-12H2,1H3,(H2,22,26)(H,23,25)(H,24,27)/t17-,18+/m1/s1. The lowest BCUT2D eigenvalue weighted by Gasteiger charge is -2.22. The minimum atomic E-state index is -0.886. The maximum atomic E-state index is 12.7.